The minimum atomic E-state index is -0.659. The van der Waals surface area contributed by atoms with E-state index in [0.717, 1.165) is 12.8 Å². The fourth-order valence-corrected chi connectivity index (χ4v) is 3.13. The maximum Gasteiger partial charge on any atom is 0.303 e. The van der Waals surface area contributed by atoms with Gasteiger partial charge < -0.3 is 5.11 Å². The van der Waals surface area contributed by atoms with Gasteiger partial charge in [0.05, 0.1) is 0 Å². The van der Waals surface area contributed by atoms with Crippen LogP contribution in [0.2, 0.25) is 0 Å². The highest BCUT2D eigenvalue weighted by atomic mass is 16.4. The summed E-state index contributed by atoms with van der Waals surface area (Å²) in [5.74, 6) is -0.659. The lowest BCUT2D eigenvalue weighted by molar-refractivity contribution is -0.137. The Morgan fingerprint density at radius 2 is 0.962 bits per heavy atom. The van der Waals surface area contributed by atoms with E-state index in [4.69, 9.17) is 5.11 Å². The number of rotatable bonds is 20. The minimum absolute atomic E-state index is 0.336. The molecule has 0 aliphatic carbocycles. The third kappa shape index (κ3) is 22.9. The van der Waals surface area contributed by atoms with Crippen molar-refractivity contribution in [3.8, 4) is 0 Å². The maximum absolute atomic E-state index is 10.4. The van der Waals surface area contributed by atoms with E-state index >= 15 is 0 Å². The lowest BCUT2D eigenvalue weighted by Gasteiger charge is -2.01. The van der Waals surface area contributed by atoms with Gasteiger partial charge in [0.25, 0.3) is 0 Å². The average Bonchev–Trinajstić information content (AvgIpc) is 2.62. The summed E-state index contributed by atoms with van der Waals surface area (Å²) in [6.07, 6.45) is 31.1. The highest BCUT2D eigenvalue weighted by Gasteiger charge is 1.96. The second-order valence-electron chi connectivity index (χ2n) is 7.48. The lowest BCUT2D eigenvalue weighted by Crippen LogP contribution is -1.93. The first-order valence-electron chi connectivity index (χ1n) is 11.3. The molecule has 0 atom stereocenters. The monoisotopic (exact) mass is 364 g/mol. The van der Waals surface area contributed by atoms with Gasteiger partial charge >= 0.3 is 5.97 Å². The van der Waals surface area contributed by atoms with E-state index in [1.807, 2.05) is 0 Å². The Bertz CT molecular complexity index is 344. The van der Waals surface area contributed by atoms with Crippen LogP contribution in [0.25, 0.3) is 0 Å². The molecular weight excluding hydrogens is 320 g/mol. The Kier molecular flexibility index (Phi) is 21.1. The number of unbranched alkanes of at least 4 members (excludes halogenated alkanes) is 14. The Labute approximate surface area is 163 Å². The zero-order valence-electron chi connectivity index (χ0n) is 17.4. The van der Waals surface area contributed by atoms with Gasteiger partial charge in [-0.05, 0) is 44.9 Å². The molecule has 2 heteroatoms. The predicted molar refractivity (Wildman–Crippen MR) is 115 cm³/mol. The second kappa shape index (κ2) is 22.0. The first kappa shape index (κ1) is 24.9. The van der Waals surface area contributed by atoms with E-state index in [9.17, 15) is 4.79 Å². The van der Waals surface area contributed by atoms with Crippen molar-refractivity contribution in [3.05, 3.63) is 24.3 Å². The van der Waals surface area contributed by atoms with E-state index in [1.54, 1.807) is 0 Å². The van der Waals surface area contributed by atoms with Crippen molar-refractivity contribution in [3.63, 3.8) is 0 Å². The highest BCUT2D eigenvalue weighted by Crippen LogP contribution is 2.11. The minimum Gasteiger partial charge on any atom is -0.481 e. The summed E-state index contributed by atoms with van der Waals surface area (Å²) in [5, 5.41) is 8.56. The van der Waals surface area contributed by atoms with Crippen LogP contribution >= 0.6 is 0 Å². The van der Waals surface area contributed by atoms with Crippen LogP contribution < -0.4 is 0 Å². The van der Waals surface area contributed by atoms with Crippen molar-refractivity contribution >= 4 is 5.97 Å². The summed E-state index contributed by atoms with van der Waals surface area (Å²) >= 11 is 0. The molecule has 0 unspecified atom stereocenters. The van der Waals surface area contributed by atoms with Crippen molar-refractivity contribution in [2.45, 2.75) is 122 Å². The zero-order valence-corrected chi connectivity index (χ0v) is 17.4. The maximum atomic E-state index is 10.4. The molecule has 0 amide bonds. The molecule has 0 aliphatic heterocycles. The van der Waals surface area contributed by atoms with Crippen molar-refractivity contribution in [2.24, 2.45) is 0 Å². The van der Waals surface area contributed by atoms with Crippen LogP contribution in [0.1, 0.15) is 122 Å². The molecule has 152 valence electrons. The van der Waals surface area contributed by atoms with Crippen LogP contribution in [0.15, 0.2) is 24.3 Å². The van der Waals surface area contributed by atoms with Crippen LogP contribution in [-0.4, -0.2) is 11.1 Å². The summed E-state index contributed by atoms with van der Waals surface area (Å²) in [7, 11) is 0. The molecule has 0 radical (unpaired) electrons. The van der Waals surface area contributed by atoms with Gasteiger partial charge in [-0.1, -0.05) is 95.4 Å². The number of hydrogen-bond acceptors (Lipinski definition) is 1. The van der Waals surface area contributed by atoms with Gasteiger partial charge in [0.15, 0.2) is 0 Å². The molecule has 0 fully saturated rings. The quantitative estimate of drug-likeness (QED) is 0.174. The van der Waals surface area contributed by atoms with E-state index in [2.05, 4.69) is 31.2 Å². The third-order valence-corrected chi connectivity index (χ3v) is 4.82. The van der Waals surface area contributed by atoms with E-state index in [-0.39, 0.29) is 0 Å². The molecule has 0 saturated carbocycles. The number of carbonyl (C=O) groups is 1. The van der Waals surface area contributed by atoms with Crippen molar-refractivity contribution in [2.75, 3.05) is 0 Å². The Balaban J connectivity index is 3.14. The largest absolute Gasteiger partial charge is 0.481 e. The molecular formula is C24H44O2. The number of aliphatic carboxylic acids is 1. The van der Waals surface area contributed by atoms with Crippen LogP contribution in [-0.2, 0) is 4.79 Å². The second-order valence-corrected chi connectivity index (χ2v) is 7.48. The fourth-order valence-electron chi connectivity index (χ4n) is 3.13. The van der Waals surface area contributed by atoms with Crippen LogP contribution in [0.5, 0.6) is 0 Å². The summed E-state index contributed by atoms with van der Waals surface area (Å²) in [4.78, 5) is 10.4. The molecule has 0 aromatic rings. The zero-order chi connectivity index (χ0) is 19.1. The molecule has 26 heavy (non-hydrogen) atoms. The van der Waals surface area contributed by atoms with Crippen molar-refractivity contribution < 1.29 is 9.90 Å². The van der Waals surface area contributed by atoms with Crippen LogP contribution in [0.3, 0.4) is 0 Å². The number of allylic oxidation sites excluding steroid dienone is 4. The van der Waals surface area contributed by atoms with E-state index in [0.29, 0.717) is 6.42 Å². The molecule has 0 aromatic heterocycles. The molecule has 0 bridgehead atoms. The third-order valence-electron chi connectivity index (χ3n) is 4.82. The topological polar surface area (TPSA) is 37.3 Å². The Morgan fingerprint density at radius 3 is 1.42 bits per heavy atom. The van der Waals surface area contributed by atoms with Gasteiger partial charge in [0.2, 0.25) is 0 Å². The van der Waals surface area contributed by atoms with Crippen LogP contribution in [0, 0.1) is 0 Å². The standard InChI is InChI=1S/C24H44O2/c1-2-3-4-5-6-7-8-9-10-11-12-13-14-15-16-17-18-19-20-21-22-23-24(25)26/h7-8,11-12H,2-6,9-10,13-23H2,1H3,(H,25,26). The number of hydrogen-bond donors (Lipinski definition) is 1. The molecule has 0 aliphatic rings. The number of carboxylic acid groups (broad SMARTS) is 1. The Morgan fingerprint density at radius 1 is 0.577 bits per heavy atom. The fraction of sp³-hybridized carbons (Fsp3) is 0.792. The van der Waals surface area contributed by atoms with Gasteiger partial charge in [-0.2, -0.15) is 0 Å². The molecule has 2 nitrogen and oxygen atoms in total. The molecule has 0 spiro atoms. The molecule has 0 rings (SSSR count). The summed E-state index contributed by atoms with van der Waals surface area (Å²) < 4.78 is 0. The van der Waals surface area contributed by atoms with Gasteiger partial charge in [-0.3, -0.25) is 4.79 Å². The predicted octanol–water partition coefficient (Wildman–Crippen LogP) is 8.23. The van der Waals surface area contributed by atoms with Crippen molar-refractivity contribution in [1.29, 1.82) is 0 Å². The summed E-state index contributed by atoms with van der Waals surface area (Å²) in [5.41, 5.74) is 0. The van der Waals surface area contributed by atoms with Gasteiger partial charge in [-0.15, -0.1) is 0 Å². The first-order valence-corrected chi connectivity index (χ1v) is 11.3. The first-order chi connectivity index (χ1) is 12.8. The molecule has 0 heterocycles. The van der Waals surface area contributed by atoms with Crippen molar-refractivity contribution in [1.82, 2.24) is 0 Å². The SMILES string of the molecule is CCCCCCC=CCCC=CCCCCCCCCCCCC(=O)O. The van der Waals surface area contributed by atoms with E-state index < -0.39 is 5.97 Å². The normalized spacial score (nSPS) is 11.7. The number of carboxylic acids is 1. The van der Waals surface area contributed by atoms with Gasteiger partial charge in [0.1, 0.15) is 0 Å². The molecule has 0 aromatic carbocycles. The smallest absolute Gasteiger partial charge is 0.303 e. The average molecular weight is 365 g/mol. The summed E-state index contributed by atoms with van der Waals surface area (Å²) in [6, 6.07) is 0. The van der Waals surface area contributed by atoms with Gasteiger partial charge in [0, 0.05) is 6.42 Å². The van der Waals surface area contributed by atoms with E-state index in [1.165, 1.54) is 96.3 Å². The summed E-state index contributed by atoms with van der Waals surface area (Å²) in [6.45, 7) is 2.26. The Hall–Kier alpha value is -1.05. The van der Waals surface area contributed by atoms with Gasteiger partial charge in [-0.25, -0.2) is 0 Å². The molecule has 0 saturated heterocycles. The lowest BCUT2D eigenvalue weighted by atomic mass is 10.1. The molecule has 1 N–H and O–H groups in total. The highest BCUT2D eigenvalue weighted by molar-refractivity contribution is 5.66. The van der Waals surface area contributed by atoms with Crippen LogP contribution in [0.4, 0.5) is 0 Å².